The molecule has 218 valence electrons. The molecule has 1 saturated heterocycles. The van der Waals surface area contributed by atoms with Gasteiger partial charge in [-0.2, -0.15) is 18.3 Å². The van der Waals surface area contributed by atoms with Crippen molar-refractivity contribution in [1.82, 2.24) is 29.8 Å². The van der Waals surface area contributed by atoms with Crippen molar-refractivity contribution in [1.29, 1.82) is 0 Å². The van der Waals surface area contributed by atoms with Crippen LogP contribution < -0.4 is 0 Å². The highest BCUT2D eigenvalue weighted by Crippen LogP contribution is 2.41. The summed E-state index contributed by atoms with van der Waals surface area (Å²) in [5.41, 5.74) is -1.28. The van der Waals surface area contributed by atoms with Crippen LogP contribution in [-0.4, -0.2) is 70.0 Å². The number of aliphatic hydroxyl groups is 3. The quantitative estimate of drug-likeness (QED) is 0.218. The zero-order chi connectivity index (χ0) is 29.8. The molecule has 1 aliphatic heterocycles. The summed E-state index contributed by atoms with van der Waals surface area (Å²) < 4.78 is 63.4. The van der Waals surface area contributed by atoms with Crippen LogP contribution in [0.4, 0.5) is 17.6 Å². The van der Waals surface area contributed by atoms with Crippen molar-refractivity contribution in [2.45, 2.75) is 43.6 Å². The number of aromatic nitrogens is 6. The predicted molar refractivity (Wildman–Crippen MR) is 137 cm³/mol. The number of aliphatic hydroxyl groups excluding tert-OH is 3. The number of rotatable bonds is 5. The predicted octanol–water partition coefficient (Wildman–Crippen LogP) is 4.35. The molecule has 3 heterocycles. The smallest absolute Gasteiger partial charge is 0.394 e. The van der Waals surface area contributed by atoms with Crippen LogP contribution >= 0.6 is 34.8 Å². The Balaban J connectivity index is 1.58. The highest BCUT2D eigenvalue weighted by atomic mass is 35.5. The Hall–Kier alpha value is -2.85. The maximum atomic E-state index is 14.2. The van der Waals surface area contributed by atoms with E-state index in [1.165, 1.54) is 19.2 Å². The van der Waals surface area contributed by atoms with Gasteiger partial charge in [0, 0.05) is 10.6 Å². The molecular formula is C24H19Cl3F4N6O4. The largest absolute Gasteiger partial charge is 0.418 e. The van der Waals surface area contributed by atoms with Crippen molar-refractivity contribution in [2.24, 2.45) is 0 Å². The zero-order valence-electron chi connectivity index (χ0n) is 20.6. The first kappa shape index (κ1) is 29.6. The number of aryl methyl sites for hydroxylation is 1. The third-order valence-electron chi connectivity index (χ3n) is 6.47. The van der Waals surface area contributed by atoms with Crippen LogP contribution in [0.3, 0.4) is 0 Å². The number of nitrogens with zero attached hydrogens (tertiary/aromatic N) is 6. The molecule has 0 aliphatic carbocycles. The van der Waals surface area contributed by atoms with Gasteiger partial charge in [-0.1, -0.05) is 40.0 Å². The van der Waals surface area contributed by atoms with Gasteiger partial charge in [0.2, 0.25) is 0 Å². The average Bonchev–Trinajstić information content (AvgIpc) is 3.53. The molecule has 41 heavy (non-hydrogen) atoms. The van der Waals surface area contributed by atoms with E-state index in [9.17, 15) is 32.9 Å². The number of alkyl halides is 3. The normalized spacial score (nSPS) is 23.2. The molecule has 5 rings (SSSR count). The summed E-state index contributed by atoms with van der Waals surface area (Å²) in [5.74, 6) is -1.04. The Labute approximate surface area is 243 Å². The minimum atomic E-state index is -4.80. The third-order valence-corrected chi connectivity index (χ3v) is 7.49. The minimum Gasteiger partial charge on any atom is -0.394 e. The Morgan fingerprint density at radius 3 is 2.46 bits per heavy atom. The van der Waals surface area contributed by atoms with Gasteiger partial charge in [-0.3, -0.25) is 0 Å². The van der Waals surface area contributed by atoms with Gasteiger partial charge in [-0.15, -0.1) is 5.10 Å². The van der Waals surface area contributed by atoms with Gasteiger partial charge in [0.05, 0.1) is 34.1 Å². The van der Waals surface area contributed by atoms with Gasteiger partial charge < -0.3 is 20.1 Å². The van der Waals surface area contributed by atoms with Gasteiger partial charge in [0.25, 0.3) is 0 Å². The first-order valence-corrected chi connectivity index (χ1v) is 12.9. The highest BCUT2D eigenvalue weighted by molar-refractivity contribution is 6.42. The Morgan fingerprint density at radius 1 is 1.07 bits per heavy atom. The molecule has 17 heteroatoms. The second-order valence-corrected chi connectivity index (χ2v) is 10.4. The standard InChI is InChI=1S/C24H19Cl3F4N6O4/c1-9-32-23(37(34-9)16-6-11(25)2-3-12(16)24(29,30)31)22-21(40)19(20(39)17(8-38)41-22)36-7-15(33-35-36)10-4-13(26)18(27)14(28)5-10/h2-7,17,19-22,38-40H,8H2,1H3/t17-,19+,20+,21-,22-/m1/s1. The first-order valence-electron chi connectivity index (χ1n) is 11.8. The number of hydrogen-bond donors (Lipinski definition) is 3. The lowest BCUT2D eigenvalue weighted by Crippen LogP contribution is -2.53. The van der Waals surface area contributed by atoms with Crippen LogP contribution in [0.1, 0.15) is 29.4 Å². The maximum absolute atomic E-state index is 14.2. The van der Waals surface area contributed by atoms with E-state index < -0.39 is 60.3 Å². The van der Waals surface area contributed by atoms with E-state index in [0.29, 0.717) is 0 Å². The van der Waals surface area contributed by atoms with Crippen molar-refractivity contribution in [2.75, 3.05) is 6.61 Å². The molecule has 0 bridgehead atoms. The molecule has 0 amide bonds. The SMILES string of the molecule is Cc1nc([C@@H]2O[C@H](CO)[C@H](O)[C@H](n3cc(-c4cc(F)c(Cl)c(Cl)c4)nn3)[C@H]2O)n(-c2cc(Cl)ccc2C(F)(F)F)n1. The van der Waals surface area contributed by atoms with Crippen molar-refractivity contribution in [3.05, 3.63) is 74.6 Å². The van der Waals surface area contributed by atoms with E-state index in [1.54, 1.807) is 0 Å². The highest BCUT2D eigenvalue weighted by Gasteiger charge is 2.49. The summed E-state index contributed by atoms with van der Waals surface area (Å²) in [6.45, 7) is 0.682. The summed E-state index contributed by atoms with van der Waals surface area (Å²) in [4.78, 5) is 4.20. The van der Waals surface area contributed by atoms with Crippen molar-refractivity contribution in [3.8, 4) is 16.9 Å². The lowest BCUT2D eigenvalue weighted by atomic mass is 9.92. The van der Waals surface area contributed by atoms with Crippen LogP contribution in [0.25, 0.3) is 16.9 Å². The Kier molecular flexibility index (Phi) is 8.02. The lowest BCUT2D eigenvalue weighted by Gasteiger charge is -2.41. The summed E-state index contributed by atoms with van der Waals surface area (Å²) >= 11 is 17.7. The van der Waals surface area contributed by atoms with Gasteiger partial charge in [-0.25, -0.2) is 18.7 Å². The average molecular weight is 638 g/mol. The topological polar surface area (TPSA) is 131 Å². The Bertz CT molecular complexity index is 1580. The van der Waals surface area contributed by atoms with Gasteiger partial charge in [0.1, 0.15) is 47.8 Å². The van der Waals surface area contributed by atoms with Gasteiger partial charge >= 0.3 is 6.18 Å². The molecule has 10 nitrogen and oxygen atoms in total. The second kappa shape index (κ2) is 11.1. The summed E-state index contributed by atoms with van der Waals surface area (Å²) in [6.07, 6.45) is -9.64. The van der Waals surface area contributed by atoms with Crippen LogP contribution in [-0.2, 0) is 10.9 Å². The van der Waals surface area contributed by atoms with E-state index in [0.717, 1.165) is 33.6 Å². The van der Waals surface area contributed by atoms with Crippen molar-refractivity contribution in [3.63, 3.8) is 0 Å². The number of halogens is 7. The number of ether oxygens (including phenoxy) is 1. The molecule has 5 atom stereocenters. The van der Waals surface area contributed by atoms with Gasteiger partial charge in [-0.05, 0) is 37.3 Å². The van der Waals surface area contributed by atoms with Crippen LogP contribution in [0.15, 0.2) is 36.5 Å². The maximum Gasteiger partial charge on any atom is 0.418 e. The fourth-order valence-electron chi connectivity index (χ4n) is 4.60. The molecule has 3 N–H and O–H groups in total. The van der Waals surface area contributed by atoms with Crippen molar-refractivity contribution < 1.29 is 37.6 Å². The molecule has 2 aromatic heterocycles. The second-order valence-electron chi connectivity index (χ2n) is 9.18. The van der Waals surface area contributed by atoms with Crippen LogP contribution in [0.5, 0.6) is 0 Å². The van der Waals surface area contributed by atoms with Crippen LogP contribution in [0.2, 0.25) is 15.1 Å². The monoisotopic (exact) mass is 636 g/mol. The van der Waals surface area contributed by atoms with E-state index in [4.69, 9.17) is 39.5 Å². The summed E-state index contributed by atoms with van der Waals surface area (Å²) in [6, 6.07) is 3.93. The molecule has 0 radical (unpaired) electrons. The van der Waals surface area contributed by atoms with Gasteiger partial charge in [0.15, 0.2) is 5.82 Å². The Morgan fingerprint density at radius 2 is 1.80 bits per heavy atom. The number of benzene rings is 2. The molecule has 4 aromatic rings. The van der Waals surface area contributed by atoms with Crippen LogP contribution in [0, 0.1) is 12.7 Å². The molecule has 0 saturated carbocycles. The minimum absolute atomic E-state index is 0.0207. The molecule has 0 spiro atoms. The summed E-state index contributed by atoms with van der Waals surface area (Å²) in [5, 5.41) is 43.9. The third kappa shape index (κ3) is 5.52. The molecule has 1 aliphatic rings. The fraction of sp³-hybridized carbons (Fsp3) is 0.333. The molecule has 2 aromatic carbocycles. The van der Waals surface area contributed by atoms with E-state index in [2.05, 4.69) is 20.4 Å². The van der Waals surface area contributed by atoms with E-state index >= 15 is 0 Å². The molecule has 1 fully saturated rings. The first-order chi connectivity index (χ1) is 19.3. The zero-order valence-corrected chi connectivity index (χ0v) is 22.9. The summed E-state index contributed by atoms with van der Waals surface area (Å²) in [7, 11) is 0. The molecule has 0 unspecified atom stereocenters. The number of hydrogen-bond acceptors (Lipinski definition) is 8. The molecular weight excluding hydrogens is 619 g/mol. The van der Waals surface area contributed by atoms with Crippen molar-refractivity contribution >= 4 is 34.8 Å². The van der Waals surface area contributed by atoms with E-state index in [1.807, 2.05) is 0 Å². The lowest BCUT2D eigenvalue weighted by molar-refractivity contribution is -0.210. The van der Waals surface area contributed by atoms with E-state index in [-0.39, 0.29) is 38.0 Å². The fourth-order valence-corrected chi connectivity index (χ4v) is 5.08.